The second-order valence-corrected chi connectivity index (χ2v) is 4.73. The van der Waals surface area contributed by atoms with Crippen LogP contribution in [-0.4, -0.2) is 22.2 Å². The number of rotatable bonds is 2. The molecule has 90 valence electrons. The third-order valence-corrected chi connectivity index (χ3v) is 3.76. The molecule has 0 aliphatic heterocycles. The van der Waals surface area contributed by atoms with Crippen molar-refractivity contribution < 1.29 is 39.3 Å². The van der Waals surface area contributed by atoms with E-state index < -0.39 is 23.8 Å². The summed E-state index contributed by atoms with van der Waals surface area (Å²) in [4.78, 5) is 22.1. The molecule has 0 saturated heterocycles. The maximum atomic E-state index is 11.1. The summed E-state index contributed by atoms with van der Waals surface area (Å²) < 4.78 is 0. The van der Waals surface area contributed by atoms with Gasteiger partial charge in [-0.3, -0.25) is 9.59 Å². The Hall–Kier alpha value is -0.697. The number of hydrogen-bond donors (Lipinski definition) is 2. The van der Waals surface area contributed by atoms with Gasteiger partial charge in [0.15, 0.2) is 0 Å². The molecular weight excluding hydrogens is 274 g/mol. The van der Waals surface area contributed by atoms with Gasteiger partial charge in [-0.1, -0.05) is 18.1 Å². The number of hydrogen-bond acceptors (Lipinski definition) is 2. The van der Waals surface area contributed by atoms with Gasteiger partial charge in [-0.05, 0) is 31.6 Å². The van der Waals surface area contributed by atoms with Gasteiger partial charge < -0.3 is 10.2 Å². The second-order valence-electron chi connectivity index (χ2n) is 4.73. The van der Waals surface area contributed by atoms with Crippen molar-refractivity contribution in [1.29, 1.82) is 0 Å². The monoisotopic (exact) mass is 288 g/mol. The second kappa shape index (κ2) is 5.77. The molecule has 5 heteroatoms. The molecule has 1 fully saturated rings. The molecule has 3 unspecified atom stereocenters. The van der Waals surface area contributed by atoms with E-state index in [9.17, 15) is 9.59 Å². The predicted molar refractivity (Wildman–Crippen MR) is 56.9 cm³/mol. The summed E-state index contributed by atoms with van der Waals surface area (Å²) in [5, 5.41) is 18.1. The molecule has 2 rings (SSSR count). The first-order valence-electron chi connectivity index (χ1n) is 5.76. The van der Waals surface area contributed by atoms with E-state index in [4.69, 9.17) is 10.2 Å². The Bertz CT molecular complexity index is 350. The summed E-state index contributed by atoms with van der Waals surface area (Å²) in [5.74, 6) is -3.26. The van der Waals surface area contributed by atoms with Crippen LogP contribution < -0.4 is 0 Å². The Morgan fingerprint density at radius 3 is 2.47 bits per heavy atom. The van der Waals surface area contributed by atoms with Crippen molar-refractivity contribution in [2.24, 2.45) is 17.8 Å². The normalized spacial score (nSPS) is 31.8. The van der Waals surface area contributed by atoms with Crippen LogP contribution >= 0.6 is 0 Å². The molecular formula is C12H16O4Zn. The minimum absolute atomic E-state index is 0. The minimum Gasteiger partial charge on any atom is -0.481 e. The molecule has 4 nitrogen and oxygen atoms in total. The number of carbonyl (C=O) groups is 2. The molecule has 0 heterocycles. The first-order valence-corrected chi connectivity index (χ1v) is 5.76. The Balaban J connectivity index is 0.00000144. The van der Waals surface area contributed by atoms with Crippen LogP contribution in [0.15, 0.2) is 11.6 Å². The van der Waals surface area contributed by atoms with E-state index >= 15 is 0 Å². The first-order chi connectivity index (χ1) is 7.59. The van der Waals surface area contributed by atoms with E-state index in [1.54, 1.807) is 6.08 Å². The van der Waals surface area contributed by atoms with E-state index in [1.807, 2.05) is 0 Å². The summed E-state index contributed by atoms with van der Waals surface area (Å²) in [5.41, 5.74) is 1.18. The fraction of sp³-hybridized carbons (Fsp3) is 0.667. The maximum absolute atomic E-state index is 11.1. The summed E-state index contributed by atoms with van der Waals surface area (Å²) in [6, 6.07) is 0. The Kier molecular flexibility index (Phi) is 4.87. The van der Waals surface area contributed by atoms with Gasteiger partial charge in [0.1, 0.15) is 0 Å². The molecule has 0 aromatic carbocycles. The molecule has 0 radical (unpaired) electrons. The van der Waals surface area contributed by atoms with Gasteiger partial charge in [-0.25, -0.2) is 0 Å². The third-order valence-electron chi connectivity index (χ3n) is 3.76. The molecule has 0 spiro atoms. The van der Waals surface area contributed by atoms with Gasteiger partial charge in [0, 0.05) is 19.5 Å². The molecule has 1 saturated carbocycles. The minimum atomic E-state index is -1.01. The number of aliphatic carboxylic acids is 2. The van der Waals surface area contributed by atoms with Crippen molar-refractivity contribution in [3.8, 4) is 0 Å². The quantitative estimate of drug-likeness (QED) is 0.601. The Morgan fingerprint density at radius 2 is 1.88 bits per heavy atom. The number of carboxylic acid groups (broad SMARTS) is 2. The largest absolute Gasteiger partial charge is 0.481 e. The zero-order chi connectivity index (χ0) is 11.7. The van der Waals surface area contributed by atoms with Crippen LogP contribution in [0.4, 0.5) is 0 Å². The van der Waals surface area contributed by atoms with Gasteiger partial charge in [0.05, 0.1) is 11.8 Å². The molecule has 2 N–H and O–H groups in total. The molecule has 0 bridgehead atoms. The topological polar surface area (TPSA) is 74.6 Å². The molecule has 17 heavy (non-hydrogen) atoms. The average Bonchev–Trinajstić information content (AvgIpc) is 2.27. The van der Waals surface area contributed by atoms with Crippen LogP contribution in [0.3, 0.4) is 0 Å². The van der Waals surface area contributed by atoms with E-state index in [1.165, 1.54) is 5.57 Å². The van der Waals surface area contributed by atoms with Gasteiger partial charge in [-0.2, -0.15) is 0 Å². The van der Waals surface area contributed by atoms with Crippen LogP contribution in [0.1, 0.15) is 32.1 Å². The number of carboxylic acids is 2. The number of allylic oxidation sites excluding steroid dienone is 1. The average molecular weight is 290 g/mol. The van der Waals surface area contributed by atoms with E-state index in [2.05, 4.69) is 0 Å². The predicted octanol–water partition coefficient (Wildman–Crippen LogP) is 1.91. The van der Waals surface area contributed by atoms with Crippen molar-refractivity contribution in [2.75, 3.05) is 0 Å². The molecule has 0 amide bonds. The Labute approximate surface area is 113 Å². The van der Waals surface area contributed by atoms with Gasteiger partial charge in [0.25, 0.3) is 0 Å². The van der Waals surface area contributed by atoms with Crippen molar-refractivity contribution in [3.05, 3.63) is 11.6 Å². The van der Waals surface area contributed by atoms with Gasteiger partial charge in [-0.15, -0.1) is 0 Å². The SMILES string of the molecule is O=C(O)C1C=C2CCCCC2CC1C(=O)O.[Zn]. The smallest absolute Gasteiger partial charge is 0.311 e. The van der Waals surface area contributed by atoms with Crippen LogP contribution in [0.2, 0.25) is 0 Å². The van der Waals surface area contributed by atoms with Gasteiger partial charge >= 0.3 is 11.9 Å². The van der Waals surface area contributed by atoms with Crippen LogP contribution in [-0.2, 0) is 29.1 Å². The molecule has 3 atom stereocenters. The number of fused-ring (bicyclic) bond motifs is 1. The van der Waals surface area contributed by atoms with Crippen LogP contribution in [0.25, 0.3) is 0 Å². The third kappa shape index (κ3) is 2.95. The van der Waals surface area contributed by atoms with Crippen molar-refractivity contribution in [2.45, 2.75) is 32.1 Å². The summed E-state index contributed by atoms with van der Waals surface area (Å²) in [7, 11) is 0. The zero-order valence-electron chi connectivity index (χ0n) is 9.76. The van der Waals surface area contributed by atoms with E-state index in [-0.39, 0.29) is 19.5 Å². The summed E-state index contributed by atoms with van der Waals surface area (Å²) in [6.07, 6.45) is 6.40. The molecule has 0 aromatic rings. The summed E-state index contributed by atoms with van der Waals surface area (Å²) >= 11 is 0. The van der Waals surface area contributed by atoms with Crippen molar-refractivity contribution in [1.82, 2.24) is 0 Å². The molecule has 2 aliphatic rings. The van der Waals surface area contributed by atoms with E-state index in [0.29, 0.717) is 12.3 Å². The van der Waals surface area contributed by atoms with Crippen LogP contribution in [0, 0.1) is 17.8 Å². The van der Waals surface area contributed by atoms with Crippen LogP contribution in [0.5, 0.6) is 0 Å². The maximum Gasteiger partial charge on any atom is 0.311 e. The fourth-order valence-electron chi connectivity index (χ4n) is 2.90. The fourth-order valence-corrected chi connectivity index (χ4v) is 2.90. The Morgan fingerprint density at radius 1 is 1.18 bits per heavy atom. The molecule has 0 aromatic heterocycles. The van der Waals surface area contributed by atoms with Crippen molar-refractivity contribution >= 4 is 11.9 Å². The summed E-state index contributed by atoms with van der Waals surface area (Å²) in [6.45, 7) is 0. The first kappa shape index (κ1) is 14.4. The molecule has 2 aliphatic carbocycles. The zero-order valence-corrected chi connectivity index (χ0v) is 12.7. The van der Waals surface area contributed by atoms with Crippen molar-refractivity contribution in [3.63, 3.8) is 0 Å². The standard InChI is InChI=1S/C12H16O4.Zn/c13-11(14)9-5-7-3-1-2-4-8(7)6-10(9)12(15)16;/h5,8-10H,1-4,6H2,(H,13,14)(H,15,16);. The van der Waals surface area contributed by atoms with Gasteiger partial charge in [0.2, 0.25) is 0 Å². The van der Waals surface area contributed by atoms with E-state index in [0.717, 1.165) is 25.7 Å².